The van der Waals surface area contributed by atoms with Gasteiger partial charge in [0.15, 0.2) is 0 Å². The van der Waals surface area contributed by atoms with E-state index < -0.39 is 23.8 Å². The third-order valence-electron chi connectivity index (χ3n) is 15.8. The number of hydrogen-bond donors (Lipinski definition) is 3. The molecule has 0 unspecified atom stereocenters. The highest BCUT2D eigenvalue weighted by Gasteiger charge is 2.40. The molecule has 69 heavy (non-hydrogen) atoms. The SMILES string of the molecule is COc1cc2nc(C)nc(N[C@H](C)c3cc(N)cc(C(F)(F)F)c3)c2cc1C1CCC(C(=O)N2CCN(CC3CCC4(CC3)CCN(C(=O)c3ccc(N5CCC(=O)NC5=O)cc3)CC4)CC2)CC1. The van der Waals surface area contributed by atoms with E-state index in [0.29, 0.717) is 51.9 Å². The summed E-state index contributed by atoms with van der Waals surface area (Å²) in [6, 6.07) is 13.7. The Morgan fingerprint density at radius 1 is 0.870 bits per heavy atom. The van der Waals surface area contributed by atoms with Gasteiger partial charge in [-0.15, -0.1) is 0 Å². The summed E-state index contributed by atoms with van der Waals surface area (Å²) in [6.07, 6.45) is 5.72. The number of nitrogen functional groups attached to an aromatic ring is 1. The number of amides is 5. The van der Waals surface area contributed by atoms with Gasteiger partial charge in [0, 0.05) is 93.1 Å². The van der Waals surface area contributed by atoms with Gasteiger partial charge < -0.3 is 25.6 Å². The van der Waals surface area contributed by atoms with Crippen molar-refractivity contribution in [1.29, 1.82) is 0 Å². The summed E-state index contributed by atoms with van der Waals surface area (Å²) in [4.78, 5) is 68.6. The van der Waals surface area contributed by atoms with E-state index in [2.05, 4.69) is 30.4 Å². The Bertz CT molecular complexity index is 2560. The lowest BCUT2D eigenvalue weighted by Crippen LogP contribution is -2.52. The second kappa shape index (κ2) is 19.8. The van der Waals surface area contributed by atoms with Crippen LogP contribution in [-0.2, 0) is 15.8 Å². The van der Waals surface area contributed by atoms with Crippen molar-refractivity contribution in [2.45, 2.75) is 103 Å². The normalized spacial score (nSPS) is 22.1. The molecular formula is C52H64F3N9O5. The third-order valence-corrected chi connectivity index (χ3v) is 15.8. The molecule has 5 aliphatic rings. The number of carbonyl (C=O) groups is 4. The van der Waals surface area contributed by atoms with E-state index in [4.69, 9.17) is 10.5 Å². The number of urea groups is 1. The number of anilines is 3. The second-order valence-electron chi connectivity index (χ2n) is 20.2. The number of hydrogen-bond acceptors (Lipinski definition) is 10. The molecule has 1 aromatic heterocycles. The number of nitrogens with zero attached hydrogens (tertiary/aromatic N) is 6. The van der Waals surface area contributed by atoms with Crippen LogP contribution in [0, 0.1) is 24.2 Å². The van der Waals surface area contributed by atoms with Gasteiger partial charge in [0.2, 0.25) is 11.8 Å². The number of piperazine rings is 1. The number of aryl methyl sites for hydroxylation is 1. The Morgan fingerprint density at radius 2 is 1.57 bits per heavy atom. The van der Waals surface area contributed by atoms with Gasteiger partial charge in [-0.2, -0.15) is 13.2 Å². The summed E-state index contributed by atoms with van der Waals surface area (Å²) < 4.78 is 46.8. The highest BCUT2D eigenvalue weighted by Crippen LogP contribution is 2.47. The van der Waals surface area contributed by atoms with Crippen LogP contribution in [0.1, 0.15) is 122 Å². The molecule has 5 amide bonds. The topological polar surface area (TPSA) is 166 Å². The van der Waals surface area contributed by atoms with Gasteiger partial charge in [-0.3, -0.25) is 29.5 Å². The molecule has 14 nitrogen and oxygen atoms in total. The lowest BCUT2D eigenvalue weighted by molar-refractivity contribution is -0.139. The molecule has 9 rings (SSSR count). The number of rotatable bonds is 10. The summed E-state index contributed by atoms with van der Waals surface area (Å²) in [5, 5.41) is 6.42. The first kappa shape index (κ1) is 48.1. The number of alkyl halides is 3. The van der Waals surface area contributed by atoms with Crippen LogP contribution >= 0.6 is 0 Å². The Kier molecular flexibility index (Phi) is 13.8. The van der Waals surface area contributed by atoms with Crippen molar-refractivity contribution in [3.63, 3.8) is 0 Å². The molecule has 4 aromatic rings. The molecule has 4 N–H and O–H groups in total. The van der Waals surface area contributed by atoms with Crippen LogP contribution in [0.15, 0.2) is 54.6 Å². The number of fused-ring (bicyclic) bond motifs is 1. The Hall–Kier alpha value is -5.97. The summed E-state index contributed by atoms with van der Waals surface area (Å²) in [7, 11) is 1.64. The Labute approximate surface area is 401 Å². The van der Waals surface area contributed by atoms with E-state index in [1.807, 2.05) is 17.0 Å². The molecule has 3 saturated heterocycles. The Morgan fingerprint density at radius 3 is 2.22 bits per heavy atom. The summed E-state index contributed by atoms with van der Waals surface area (Å²) in [5.41, 5.74) is 8.76. The van der Waals surface area contributed by atoms with Gasteiger partial charge in [-0.25, -0.2) is 14.8 Å². The zero-order chi connectivity index (χ0) is 48.6. The van der Waals surface area contributed by atoms with Crippen LogP contribution in [0.2, 0.25) is 0 Å². The standard InChI is InChI=1S/C52H64F3N9O5/c1-32(38-26-39(52(53,54)55)28-40(56)27-38)57-47-43-29-42(45(69-3)30-44(43)58-33(2)59-47)35-4-6-36(7-5-35)49(67)63-24-22-61(23-25-63)31-34-12-15-51(16-13-34)17-20-62(21-18-51)48(66)37-8-10-41(11-9-37)64-19-14-46(65)60-50(64)68/h8-11,26-30,32,34-36H,4-7,12-25,31,56H2,1-3H3,(H,57,58,59)(H,60,65,68)/t32-,35?,36?/m1/s1. The van der Waals surface area contributed by atoms with E-state index in [9.17, 15) is 32.3 Å². The van der Waals surface area contributed by atoms with Crippen LogP contribution in [0.5, 0.6) is 5.75 Å². The van der Waals surface area contributed by atoms with Crippen molar-refractivity contribution in [3.05, 3.63) is 82.7 Å². The molecule has 3 aromatic carbocycles. The van der Waals surface area contributed by atoms with Crippen molar-refractivity contribution in [3.8, 4) is 5.75 Å². The third kappa shape index (κ3) is 10.6. The number of carbonyl (C=O) groups excluding carboxylic acids is 4. The predicted molar refractivity (Wildman–Crippen MR) is 258 cm³/mol. The molecular weight excluding hydrogens is 888 g/mol. The highest BCUT2D eigenvalue weighted by molar-refractivity contribution is 6.06. The number of nitrogens with one attached hydrogen (secondary N) is 2. The number of likely N-dealkylation sites (tertiary alicyclic amines) is 1. The number of nitrogens with two attached hydrogens (primary N) is 1. The minimum Gasteiger partial charge on any atom is -0.496 e. The second-order valence-corrected chi connectivity index (χ2v) is 20.2. The molecule has 5 fully saturated rings. The minimum absolute atomic E-state index is 0.0202. The fraction of sp³-hybridized carbons (Fsp3) is 0.538. The number of imide groups is 1. The zero-order valence-corrected chi connectivity index (χ0v) is 39.9. The van der Waals surface area contributed by atoms with Gasteiger partial charge in [0.25, 0.3) is 5.91 Å². The van der Waals surface area contributed by atoms with E-state index in [0.717, 1.165) is 113 Å². The van der Waals surface area contributed by atoms with E-state index in [-0.39, 0.29) is 41.7 Å². The number of methoxy groups -OCH3 is 1. The largest absolute Gasteiger partial charge is 0.496 e. The number of ether oxygens (including phenoxy) is 1. The first-order valence-corrected chi connectivity index (χ1v) is 24.7. The van der Waals surface area contributed by atoms with Gasteiger partial charge in [0.05, 0.1) is 24.2 Å². The fourth-order valence-corrected chi connectivity index (χ4v) is 11.6. The number of piperidine rings is 1. The van der Waals surface area contributed by atoms with Crippen molar-refractivity contribution >= 4 is 51.8 Å². The maximum Gasteiger partial charge on any atom is 0.416 e. The summed E-state index contributed by atoms with van der Waals surface area (Å²) in [6.45, 7) is 9.70. The molecule has 4 heterocycles. The van der Waals surface area contributed by atoms with Crippen LogP contribution < -0.4 is 26.0 Å². The average molecular weight is 952 g/mol. The zero-order valence-electron chi connectivity index (χ0n) is 39.9. The fourth-order valence-electron chi connectivity index (χ4n) is 11.6. The van der Waals surface area contributed by atoms with Crippen LogP contribution in [0.25, 0.3) is 10.9 Å². The maximum absolute atomic E-state index is 13.9. The van der Waals surface area contributed by atoms with Crippen molar-refractivity contribution < 1.29 is 37.1 Å². The molecule has 0 bridgehead atoms. The van der Waals surface area contributed by atoms with Crippen LogP contribution in [0.4, 0.5) is 35.2 Å². The van der Waals surface area contributed by atoms with E-state index in [1.165, 1.54) is 30.6 Å². The lowest BCUT2D eigenvalue weighted by atomic mass is 9.65. The molecule has 2 saturated carbocycles. The maximum atomic E-state index is 13.9. The predicted octanol–water partition coefficient (Wildman–Crippen LogP) is 8.70. The van der Waals surface area contributed by atoms with Crippen molar-refractivity contribution in [2.24, 2.45) is 17.3 Å². The molecule has 2 aliphatic carbocycles. The first-order valence-electron chi connectivity index (χ1n) is 24.7. The van der Waals surface area contributed by atoms with Gasteiger partial charge in [-0.1, -0.05) is 0 Å². The average Bonchev–Trinajstić information content (AvgIpc) is 3.34. The number of aromatic nitrogens is 2. The monoisotopic (exact) mass is 951 g/mol. The molecule has 1 spiro atoms. The van der Waals surface area contributed by atoms with Gasteiger partial charge in [0.1, 0.15) is 17.4 Å². The minimum atomic E-state index is -4.53. The smallest absolute Gasteiger partial charge is 0.416 e. The van der Waals surface area contributed by atoms with Gasteiger partial charge in [-0.05, 0) is 155 Å². The highest BCUT2D eigenvalue weighted by atomic mass is 19.4. The quantitative estimate of drug-likeness (QED) is 0.131. The van der Waals surface area contributed by atoms with Crippen LogP contribution in [-0.4, -0.2) is 108 Å². The number of benzene rings is 3. The Balaban J connectivity index is 0.727. The molecule has 0 radical (unpaired) electrons. The molecule has 17 heteroatoms. The summed E-state index contributed by atoms with van der Waals surface area (Å²) in [5.74, 6) is 2.51. The molecule has 3 aliphatic heterocycles. The summed E-state index contributed by atoms with van der Waals surface area (Å²) >= 11 is 0. The van der Waals surface area contributed by atoms with E-state index >= 15 is 0 Å². The van der Waals surface area contributed by atoms with Crippen molar-refractivity contribution in [2.75, 3.05) is 75.4 Å². The molecule has 368 valence electrons. The van der Waals surface area contributed by atoms with E-state index in [1.54, 1.807) is 51.3 Å². The van der Waals surface area contributed by atoms with Gasteiger partial charge >= 0.3 is 12.2 Å². The first-order chi connectivity index (χ1) is 33.0. The number of halogens is 3. The van der Waals surface area contributed by atoms with Crippen LogP contribution in [0.3, 0.4) is 0 Å². The molecule has 1 atom stereocenters. The lowest BCUT2D eigenvalue weighted by Gasteiger charge is -2.47. The van der Waals surface area contributed by atoms with Crippen molar-refractivity contribution in [1.82, 2.24) is 30.0 Å².